The molecule has 0 bridgehead atoms. The largest absolute Gasteiger partial charge is 0.506 e. The smallest absolute Gasteiger partial charge is 0.416 e. The third-order valence-electron chi connectivity index (χ3n) is 5.08. The number of alkyl halides is 3. The molecule has 0 aliphatic heterocycles. The van der Waals surface area contributed by atoms with Crippen molar-refractivity contribution in [2.75, 3.05) is 45.8 Å². The highest BCUT2D eigenvalue weighted by molar-refractivity contribution is 7.22. The van der Waals surface area contributed by atoms with E-state index in [0.29, 0.717) is 37.5 Å². The lowest BCUT2D eigenvalue weighted by atomic mass is 10.0. The van der Waals surface area contributed by atoms with Crippen LogP contribution in [0, 0.1) is 0 Å². The lowest BCUT2D eigenvalue weighted by Crippen LogP contribution is -2.29. The van der Waals surface area contributed by atoms with Gasteiger partial charge in [0.15, 0.2) is 5.13 Å². The Bertz CT molecular complexity index is 1220. The molecule has 3 aromatic rings. The van der Waals surface area contributed by atoms with Crippen molar-refractivity contribution in [2.45, 2.75) is 6.18 Å². The number of aromatic hydroxyl groups is 1. The van der Waals surface area contributed by atoms with Crippen molar-refractivity contribution >= 4 is 49.9 Å². The molecular weight excluding hydrogens is 507 g/mol. The highest BCUT2D eigenvalue weighted by Crippen LogP contribution is 2.36. The number of fused-ring (bicyclic) bond motifs is 1. The molecule has 0 aliphatic rings. The predicted octanol–water partition coefficient (Wildman–Crippen LogP) is 5.49. The van der Waals surface area contributed by atoms with E-state index in [9.17, 15) is 23.1 Å². The molecule has 2 N–H and O–H groups in total. The van der Waals surface area contributed by atoms with Crippen LogP contribution in [0.3, 0.4) is 0 Å². The van der Waals surface area contributed by atoms with Gasteiger partial charge in [0.1, 0.15) is 5.75 Å². The van der Waals surface area contributed by atoms with Crippen molar-refractivity contribution in [2.24, 2.45) is 0 Å². The van der Waals surface area contributed by atoms with Crippen LogP contribution in [0.15, 0.2) is 36.9 Å². The maximum atomic E-state index is 13.0. The van der Waals surface area contributed by atoms with Crippen LogP contribution in [0.1, 0.15) is 21.5 Å². The van der Waals surface area contributed by atoms with Crippen molar-refractivity contribution in [1.29, 1.82) is 0 Å². The van der Waals surface area contributed by atoms with Gasteiger partial charge in [0.25, 0.3) is 5.91 Å². The van der Waals surface area contributed by atoms with Crippen molar-refractivity contribution in [3.63, 3.8) is 0 Å². The monoisotopic (exact) mass is 529 g/mol. The Kier molecular flexibility index (Phi) is 8.60. The molecule has 0 aliphatic carbocycles. The minimum absolute atomic E-state index is 0.0749. The van der Waals surface area contributed by atoms with Gasteiger partial charge in [-0.1, -0.05) is 29.5 Å². The highest BCUT2D eigenvalue weighted by Gasteiger charge is 2.31. The number of methoxy groups -OCH3 is 2. The molecular formula is C23H23ClF3N3O4S. The SMILES string of the molecule is C=C(c1cc(Cl)cc(C(=O)Nc2nc3ccc(C(F)(F)F)cc3s2)c1O)N(CCOC)CCOC. The summed E-state index contributed by atoms with van der Waals surface area (Å²) < 4.78 is 49.5. The van der Waals surface area contributed by atoms with Crippen LogP contribution in [0.5, 0.6) is 5.75 Å². The quantitative estimate of drug-likeness (QED) is 0.361. The van der Waals surface area contributed by atoms with Gasteiger partial charge in [-0.15, -0.1) is 0 Å². The van der Waals surface area contributed by atoms with Crippen molar-refractivity contribution in [3.05, 3.63) is 58.6 Å². The lowest BCUT2D eigenvalue weighted by molar-refractivity contribution is -0.137. The number of anilines is 1. The number of hydrogen-bond acceptors (Lipinski definition) is 7. The number of thiazole rings is 1. The van der Waals surface area contributed by atoms with Gasteiger partial charge in [-0.05, 0) is 30.3 Å². The zero-order valence-corrected chi connectivity index (χ0v) is 20.5. The molecule has 0 spiro atoms. The molecule has 188 valence electrons. The number of phenols is 1. The molecule has 2 aromatic carbocycles. The maximum Gasteiger partial charge on any atom is 0.416 e. The summed E-state index contributed by atoms with van der Waals surface area (Å²) in [5.74, 6) is -1.08. The lowest BCUT2D eigenvalue weighted by Gasteiger charge is -2.27. The fourth-order valence-electron chi connectivity index (χ4n) is 3.27. The summed E-state index contributed by atoms with van der Waals surface area (Å²) in [6.07, 6.45) is -4.49. The first-order valence-electron chi connectivity index (χ1n) is 10.3. The van der Waals surface area contributed by atoms with E-state index < -0.39 is 17.6 Å². The normalized spacial score (nSPS) is 11.6. The first kappa shape index (κ1) is 26.7. The number of nitrogens with one attached hydrogen (secondary N) is 1. The van der Waals surface area contributed by atoms with Crippen molar-refractivity contribution < 1.29 is 32.5 Å². The Balaban J connectivity index is 1.88. The standard InChI is InChI=1S/C23H23ClF3N3O4S/c1-13(30(6-8-33-2)7-9-34-3)16-11-15(24)12-17(20(16)31)21(32)29-22-28-18-5-4-14(23(25,26)27)10-19(18)35-22/h4-5,10-12,31H,1,6-9H2,2-3H3,(H,28,29,32). The first-order chi connectivity index (χ1) is 16.5. The third-order valence-corrected chi connectivity index (χ3v) is 6.23. The summed E-state index contributed by atoms with van der Waals surface area (Å²) in [4.78, 5) is 18.9. The molecule has 35 heavy (non-hydrogen) atoms. The van der Waals surface area contributed by atoms with Gasteiger partial charge in [0.05, 0.1) is 34.6 Å². The van der Waals surface area contributed by atoms with Crippen molar-refractivity contribution in [3.8, 4) is 5.75 Å². The van der Waals surface area contributed by atoms with Crippen LogP contribution in [0.2, 0.25) is 5.02 Å². The average molecular weight is 530 g/mol. The number of carbonyl (C=O) groups is 1. The van der Waals surface area contributed by atoms with Crippen LogP contribution in [-0.4, -0.2) is 61.4 Å². The minimum Gasteiger partial charge on any atom is -0.506 e. The number of phenolic OH excluding ortho intramolecular Hbond substituents is 1. The first-order valence-corrected chi connectivity index (χ1v) is 11.5. The molecule has 0 saturated heterocycles. The molecule has 1 heterocycles. The summed E-state index contributed by atoms with van der Waals surface area (Å²) in [7, 11) is 3.12. The average Bonchev–Trinajstić information content (AvgIpc) is 3.20. The molecule has 1 amide bonds. The minimum atomic E-state index is -4.49. The van der Waals surface area contributed by atoms with E-state index in [1.165, 1.54) is 18.2 Å². The van der Waals surface area contributed by atoms with E-state index >= 15 is 0 Å². The molecule has 0 unspecified atom stereocenters. The molecule has 3 rings (SSSR count). The summed E-state index contributed by atoms with van der Waals surface area (Å²) in [6, 6.07) is 5.90. The van der Waals surface area contributed by atoms with E-state index in [4.69, 9.17) is 21.1 Å². The number of benzene rings is 2. The number of carbonyl (C=O) groups excluding carboxylic acids is 1. The number of amides is 1. The van der Waals surface area contributed by atoms with Crippen LogP contribution in [-0.2, 0) is 15.7 Å². The number of nitrogens with zero attached hydrogens (tertiary/aromatic N) is 2. The molecule has 0 fully saturated rings. The summed E-state index contributed by atoms with van der Waals surface area (Å²) in [5.41, 5.74) is 0.00684. The molecule has 0 atom stereocenters. The van der Waals surface area contributed by atoms with Crippen LogP contribution in [0.25, 0.3) is 15.9 Å². The van der Waals surface area contributed by atoms with Gasteiger partial charge in [0, 0.05) is 43.6 Å². The fraction of sp³-hybridized carbons (Fsp3) is 0.304. The molecule has 7 nitrogen and oxygen atoms in total. The summed E-state index contributed by atoms with van der Waals surface area (Å²) >= 11 is 7.11. The topological polar surface area (TPSA) is 83.9 Å². The molecule has 1 aromatic heterocycles. The predicted molar refractivity (Wildman–Crippen MR) is 130 cm³/mol. The number of halogens is 4. The number of rotatable bonds is 10. The zero-order chi connectivity index (χ0) is 25.8. The zero-order valence-electron chi connectivity index (χ0n) is 18.9. The van der Waals surface area contributed by atoms with E-state index in [0.717, 1.165) is 23.5 Å². The second-order valence-electron chi connectivity index (χ2n) is 7.42. The number of ether oxygens (including phenoxy) is 2. The third kappa shape index (κ3) is 6.43. The summed E-state index contributed by atoms with van der Waals surface area (Å²) in [5, 5.41) is 13.7. The van der Waals surface area contributed by atoms with Gasteiger partial charge >= 0.3 is 6.18 Å². The van der Waals surface area contributed by atoms with Gasteiger partial charge in [-0.25, -0.2) is 4.98 Å². The Morgan fingerprint density at radius 3 is 2.40 bits per heavy atom. The second-order valence-corrected chi connectivity index (χ2v) is 8.89. The maximum absolute atomic E-state index is 13.0. The van der Waals surface area contributed by atoms with E-state index in [1.54, 1.807) is 14.2 Å². The Hall–Kier alpha value is -2.86. The van der Waals surface area contributed by atoms with Gasteiger partial charge in [-0.3, -0.25) is 10.1 Å². The Morgan fingerprint density at radius 2 is 1.80 bits per heavy atom. The Morgan fingerprint density at radius 1 is 1.17 bits per heavy atom. The second kappa shape index (κ2) is 11.3. The number of aromatic nitrogens is 1. The Labute approximate surface area is 208 Å². The van der Waals surface area contributed by atoms with Gasteiger partial charge in [0.2, 0.25) is 0 Å². The van der Waals surface area contributed by atoms with Crippen LogP contribution < -0.4 is 5.32 Å². The van der Waals surface area contributed by atoms with E-state index in [1.807, 2.05) is 4.90 Å². The van der Waals surface area contributed by atoms with Crippen LogP contribution in [0.4, 0.5) is 18.3 Å². The van der Waals surface area contributed by atoms with Crippen LogP contribution >= 0.6 is 22.9 Å². The molecule has 12 heteroatoms. The van der Waals surface area contributed by atoms with E-state index in [-0.39, 0.29) is 31.7 Å². The van der Waals surface area contributed by atoms with Crippen molar-refractivity contribution in [1.82, 2.24) is 9.88 Å². The molecule has 0 radical (unpaired) electrons. The number of hydrogen-bond donors (Lipinski definition) is 2. The fourth-order valence-corrected chi connectivity index (χ4v) is 4.38. The molecule has 0 saturated carbocycles. The van der Waals surface area contributed by atoms with Gasteiger partial charge < -0.3 is 19.5 Å². The summed E-state index contributed by atoms with van der Waals surface area (Å²) in [6.45, 7) is 5.74. The van der Waals surface area contributed by atoms with Gasteiger partial charge in [-0.2, -0.15) is 13.2 Å². The van der Waals surface area contributed by atoms with E-state index in [2.05, 4.69) is 16.9 Å². The highest BCUT2D eigenvalue weighted by atomic mass is 35.5.